The number of hydrogen-bond acceptors (Lipinski definition) is 7. The van der Waals surface area contributed by atoms with Crippen molar-refractivity contribution in [2.75, 3.05) is 19.8 Å². The van der Waals surface area contributed by atoms with Gasteiger partial charge in [-0.3, -0.25) is 9.59 Å². The molecule has 38 heavy (non-hydrogen) atoms. The molecule has 2 amide bonds. The van der Waals surface area contributed by atoms with Crippen molar-refractivity contribution < 1.29 is 28.6 Å². The van der Waals surface area contributed by atoms with Crippen LogP contribution < -0.4 is 25.0 Å². The average molecular weight is 558 g/mol. The number of rotatable bonds is 11. The predicted molar refractivity (Wildman–Crippen MR) is 145 cm³/mol. The van der Waals surface area contributed by atoms with Crippen LogP contribution in [0, 0.1) is 0 Å². The summed E-state index contributed by atoms with van der Waals surface area (Å²) in [6.07, 6.45) is 1.39. The SMILES string of the molecule is CCOc1ccc(C(=O)Oc2ccc(C=NNC(=O)CNC(=O)c3ccc(Cl)c(Cl)c3)cc2OCC)cc1. The van der Waals surface area contributed by atoms with E-state index in [1.165, 1.54) is 24.4 Å². The highest BCUT2D eigenvalue weighted by Gasteiger charge is 2.14. The van der Waals surface area contributed by atoms with E-state index in [4.69, 9.17) is 37.4 Å². The molecule has 0 aliphatic carbocycles. The van der Waals surface area contributed by atoms with Gasteiger partial charge in [0.25, 0.3) is 11.8 Å². The Balaban J connectivity index is 1.56. The molecule has 0 aliphatic rings. The fourth-order valence-electron chi connectivity index (χ4n) is 3.09. The maximum atomic E-state index is 12.6. The molecular formula is C27H25Cl2N3O6. The van der Waals surface area contributed by atoms with Crippen LogP contribution in [0.15, 0.2) is 65.8 Å². The molecule has 198 valence electrons. The van der Waals surface area contributed by atoms with Gasteiger partial charge >= 0.3 is 5.97 Å². The van der Waals surface area contributed by atoms with Gasteiger partial charge in [-0.1, -0.05) is 23.2 Å². The fourth-order valence-corrected chi connectivity index (χ4v) is 3.39. The van der Waals surface area contributed by atoms with Gasteiger partial charge in [-0.2, -0.15) is 5.10 Å². The standard InChI is InChI=1S/C27H25Cl2N3O6/c1-3-36-20-9-6-18(7-10-20)27(35)38-23-12-5-17(13-24(23)37-4-2)15-31-32-25(33)16-30-26(34)19-8-11-21(28)22(29)14-19/h5-15H,3-4,16H2,1-2H3,(H,30,34)(H,32,33). The summed E-state index contributed by atoms with van der Waals surface area (Å²) in [5.74, 6) is -0.359. The Kier molecular flexibility index (Phi) is 10.5. The molecule has 9 nitrogen and oxygen atoms in total. The number of benzene rings is 3. The summed E-state index contributed by atoms with van der Waals surface area (Å²) in [4.78, 5) is 36.8. The van der Waals surface area contributed by atoms with Gasteiger partial charge in [-0.05, 0) is 80.1 Å². The van der Waals surface area contributed by atoms with Gasteiger partial charge in [0.2, 0.25) is 0 Å². The Morgan fingerprint density at radius 2 is 1.55 bits per heavy atom. The van der Waals surface area contributed by atoms with Crippen molar-refractivity contribution in [2.24, 2.45) is 5.10 Å². The number of halogens is 2. The summed E-state index contributed by atoms with van der Waals surface area (Å²) in [6, 6.07) is 15.8. The Morgan fingerprint density at radius 3 is 2.24 bits per heavy atom. The molecule has 0 aliphatic heterocycles. The van der Waals surface area contributed by atoms with Crippen molar-refractivity contribution in [3.8, 4) is 17.2 Å². The molecule has 0 aromatic heterocycles. The third kappa shape index (κ3) is 8.22. The molecule has 0 heterocycles. The molecule has 0 saturated heterocycles. The highest BCUT2D eigenvalue weighted by molar-refractivity contribution is 6.42. The summed E-state index contributed by atoms with van der Waals surface area (Å²) in [5, 5.41) is 6.91. The predicted octanol–water partition coefficient (Wildman–Crippen LogP) is 4.89. The van der Waals surface area contributed by atoms with Crippen LogP contribution in [0.5, 0.6) is 17.2 Å². The second kappa shape index (κ2) is 14.0. The topological polar surface area (TPSA) is 115 Å². The van der Waals surface area contributed by atoms with Gasteiger partial charge < -0.3 is 19.5 Å². The summed E-state index contributed by atoms with van der Waals surface area (Å²) in [5.41, 5.74) is 3.53. The first-order valence-corrected chi connectivity index (χ1v) is 12.3. The number of ether oxygens (including phenoxy) is 3. The lowest BCUT2D eigenvalue weighted by Crippen LogP contribution is -2.34. The third-order valence-electron chi connectivity index (χ3n) is 4.87. The molecular weight excluding hydrogens is 533 g/mol. The number of hydrogen-bond donors (Lipinski definition) is 2. The third-order valence-corrected chi connectivity index (χ3v) is 5.60. The summed E-state index contributed by atoms with van der Waals surface area (Å²) in [7, 11) is 0. The zero-order valence-electron chi connectivity index (χ0n) is 20.6. The fraction of sp³-hybridized carbons (Fsp3) is 0.185. The van der Waals surface area contributed by atoms with E-state index < -0.39 is 17.8 Å². The maximum absolute atomic E-state index is 12.6. The minimum absolute atomic E-state index is 0.233. The highest BCUT2D eigenvalue weighted by Crippen LogP contribution is 2.29. The molecule has 2 N–H and O–H groups in total. The van der Waals surface area contributed by atoms with Crippen LogP contribution in [0.1, 0.15) is 40.1 Å². The van der Waals surface area contributed by atoms with E-state index >= 15 is 0 Å². The summed E-state index contributed by atoms with van der Waals surface area (Å²) < 4.78 is 16.5. The molecule has 0 bridgehead atoms. The van der Waals surface area contributed by atoms with Gasteiger partial charge in [0.05, 0.1) is 41.6 Å². The number of nitrogens with one attached hydrogen (secondary N) is 2. The number of amides is 2. The molecule has 11 heteroatoms. The molecule has 0 saturated carbocycles. The normalized spacial score (nSPS) is 10.6. The van der Waals surface area contributed by atoms with Crippen molar-refractivity contribution in [3.63, 3.8) is 0 Å². The Bertz CT molecular complexity index is 1330. The largest absolute Gasteiger partial charge is 0.494 e. The van der Waals surface area contributed by atoms with Crippen LogP contribution >= 0.6 is 23.2 Å². The minimum atomic E-state index is -0.550. The van der Waals surface area contributed by atoms with E-state index in [1.54, 1.807) is 49.4 Å². The Hall–Kier alpha value is -4.08. The first-order valence-electron chi connectivity index (χ1n) is 11.6. The molecule has 0 atom stereocenters. The zero-order valence-corrected chi connectivity index (χ0v) is 22.1. The quantitative estimate of drug-likeness (QED) is 0.150. The van der Waals surface area contributed by atoms with Gasteiger partial charge in [0.1, 0.15) is 5.75 Å². The second-order valence-corrected chi connectivity index (χ2v) is 8.41. The van der Waals surface area contributed by atoms with Gasteiger partial charge in [0.15, 0.2) is 11.5 Å². The van der Waals surface area contributed by atoms with E-state index in [-0.39, 0.29) is 22.9 Å². The number of nitrogens with zero attached hydrogens (tertiary/aromatic N) is 1. The zero-order chi connectivity index (χ0) is 27.5. The monoisotopic (exact) mass is 557 g/mol. The van der Waals surface area contributed by atoms with Crippen LogP contribution in [-0.4, -0.2) is 43.8 Å². The molecule has 3 aromatic rings. The first kappa shape index (κ1) is 28.5. The van der Waals surface area contributed by atoms with Crippen molar-refractivity contribution in [1.82, 2.24) is 10.7 Å². The first-order chi connectivity index (χ1) is 18.3. The average Bonchev–Trinajstić information content (AvgIpc) is 2.91. The van der Waals surface area contributed by atoms with E-state index in [2.05, 4.69) is 15.8 Å². The molecule has 0 radical (unpaired) electrons. The van der Waals surface area contributed by atoms with Gasteiger partial charge in [-0.15, -0.1) is 0 Å². The Morgan fingerprint density at radius 1 is 0.842 bits per heavy atom. The summed E-state index contributed by atoms with van der Waals surface area (Å²) >= 11 is 11.7. The van der Waals surface area contributed by atoms with Crippen LogP contribution in [0.4, 0.5) is 0 Å². The summed E-state index contributed by atoms with van der Waals surface area (Å²) in [6.45, 7) is 4.23. The minimum Gasteiger partial charge on any atom is -0.494 e. The lowest BCUT2D eigenvalue weighted by Gasteiger charge is -2.11. The lowest BCUT2D eigenvalue weighted by molar-refractivity contribution is -0.120. The van der Waals surface area contributed by atoms with E-state index in [0.717, 1.165) is 0 Å². The molecule has 3 rings (SSSR count). The van der Waals surface area contributed by atoms with Gasteiger partial charge in [0, 0.05) is 5.56 Å². The van der Waals surface area contributed by atoms with E-state index in [0.29, 0.717) is 40.9 Å². The second-order valence-electron chi connectivity index (χ2n) is 7.59. The maximum Gasteiger partial charge on any atom is 0.343 e. The molecule has 0 unspecified atom stereocenters. The van der Waals surface area contributed by atoms with Crippen LogP contribution in [0.25, 0.3) is 0 Å². The smallest absolute Gasteiger partial charge is 0.343 e. The molecule has 0 fully saturated rings. The van der Waals surface area contributed by atoms with E-state index in [9.17, 15) is 14.4 Å². The van der Waals surface area contributed by atoms with Crippen molar-refractivity contribution in [1.29, 1.82) is 0 Å². The van der Waals surface area contributed by atoms with Crippen molar-refractivity contribution in [2.45, 2.75) is 13.8 Å². The highest BCUT2D eigenvalue weighted by atomic mass is 35.5. The van der Waals surface area contributed by atoms with Crippen molar-refractivity contribution in [3.05, 3.63) is 87.4 Å². The van der Waals surface area contributed by atoms with Crippen molar-refractivity contribution >= 4 is 47.2 Å². The Labute approximate surface area is 229 Å². The van der Waals surface area contributed by atoms with E-state index in [1.807, 2.05) is 6.92 Å². The number of carbonyl (C=O) groups excluding carboxylic acids is 3. The number of hydrazone groups is 1. The number of esters is 1. The molecule has 3 aromatic carbocycles. The lowest BCUT2D eigenvalue weighted by atomic mass is 10.2. The van der Waals surface area contributed by atoms with Crippen LogP contribution in [0.3, 0.4) is 0 Å². The van der Waals surface area contributed by atoms with Crippen LogP contribution in [-0.2, 0) is 4.79 Å². The van der Waals surface area contributed by atoms with Crippen LogP contribution in [0.2, 0.25) is 10.0 Å². The number of carbonyl (C=O) groups is 3. The molecule has 0 spiro atoms. The van der Waals surface area contributed by atoms with Gasteiger partial charge in [-0.25, -0.2) is 10.2 Å².